The van der Waals surface area contributed by atoms with Crippen molar-refractivity contribution in [2.75, 3.05) is 13.1 Å². The van der Waals surface area contributed by atoms with Gasteiger partial charge in [-0.05, 0) is 50.9 Å². The van der Waals surface area contributed by atoms with Crippen molar-refractivity contribution in [2.45, 2.75) is 59.1 Å². The number of amides is 1. The minimum absolute atomic E-state index is 0.176. The van der Waals surface area contributed by atoms with Gasteiger partial charge < -0.3 is 15.4 Å². The van der Waals surface area contributed by atoms with Crippen LogP contribution in [0.5, 0.6) is 0 Å². The van der Waals surface area contributed by atoms with Crippen LogP contribution in [-0.2, 0) is 4.74 Å². The van der Waals surface area contributed by atoms with Gasteiger partial charge in [0.15, 0.2) is 0 Å². The van der Waals surface area contributed by atoms with E-state index < -0.39 is 5.60 Å². The Hall–Kier alpha value is -0.770. The summed E-state index contributed by atoms with van der Waals surface area (Å²) < 4.78 is 5.41. The number of nitrogens with two attached hydrogens (primary N) is 1. The monoisotopic (exact) mass is 268 g/mol. The summed E-state index contributed by atoms with van der Waals surface area (Å²) in [4.78, 5) is 13.8. The van der Waals surface area contributed by atoms with E-state index in [4.69, 9.17) is 10.5 Å². The van der Waals surface area contributed by atoms with Crippen LogP contribution in [0.25, 0.3) is 0 Å². The second-order valence-corrected chi connectivity index (χ2v) is 7.68. The molecule has 1 aliphatic carbocycles. The van der Waals surface area contributed by atoms with Crippen LogP contribution in [0.3, 0.4) is 0 Å². The van der Waals surface area contributed by atoms with Crippen LogP contribution in [0, 0.1) is 17.3 Å². The average molecular weight is 268 g/mol. The molecule has 0 unspecified atom stereocenters. The quantitative estimate of drug-likeness (QED) is 0.795. The molecule has 2 N–H and O–H groups in total. The van der Waals surface area contributed by atoms with Crippen LogP contribution in [0.1, 0.15) is 47.5 Å². The highest BCUT2D eigenvalue weighted by atomic mass is 16.6. The second-order valence-electron chi connectivity index (χ2n) is 7.68. The number of likely N-dealkylation sites (tertiary alicyclic amines) is 1. The van der Waals surface area contributed by atoms with E-state index >= 15 is 0 Å². The maximum Gasteiger partial charge on any atom is 0.410 e. The molecule has 1 saturated heterocycles. The Morgan fingerprint density at radius 2 is 1.74 bits per heavy atom. The number of hydrogen-bond donors (Lipinski definition) is 1. The molecule has 2 fully saturated rings. The molecular weight excluding hydrogens is 240 g/mol. The van der Waals surface area contributed by atoms with Gasteiger partial charge in [-0.1, -0.05) is 13.8 Å². The summed E-state index contributed by atoms with van der Waals surface area (Å²) in [6.45, 7) is 11.8. The number of piperidine rings is 1. The van der Waals surface area contributed by atoms with E-state index in [1.54, 1.807) is 0 Å². The fourth-order valence-electron chi connectivity index (χ4n) is 3.39. The van der Waals surface area contributed by atoms with Gasteiger partial charge in [-0.3, -0.25) is 0 Å². The first-order valence-corrected chi connectivity index (χ1v) is 7.36. The Morgan fingerprint density at radius 1 is 1.26 bits per heavy atom. The maximum atomic E-state index is 12.0. The lowest BCUT2D eigenvalue weighted by Crippen LogP contribution is -2.42. The highest BCUT2D eigenvalue weighted by Crippen LogP contribution is 2.56. The van der Waals surface area contributed by atoms with Crippen LogP contribution in [0.15, 0.2) is 0 Å². The van der Waals surface area contributed by atoms with Crippen molar-refractivity contribution in [2.24, 2.45) is 23.0 Å². The molecule has 110 valence electrons. The molecule has 0 bridgehead atoms. The zero-order valence-electron chi connectivity index (χ0n) is 12.9. The van der Waals surface area contributed by atoms with Gasteiger partial charge in [0.25, 0.3) is 0 Å². The van der Waals surface area contributed by atoms with E-state index in [2.05, 4.69) is 13.8 Å². The highest BCUT2D eigenvalue weighted by molar-refractivity contribution is 5.68. The summed E-state index contributed by atoms with van der Waals surface area (Å²) in [5.41, 5.74) is 6.03. The largest absolute Gasteiger partial charge is 0.444 e. The van der Waals surface area contributed by atoms with Gasteiger partial charge in [0, 0.05) is 19.1 Å². The first-order chi connectivity index (χ1) is 8.63. The van der Waals surface area contributed by atoms with Crippen LogP contribution in [0.2, 0.25) is 0 Å². The Labute approximate surface area is 116 Å². The number of ether oxygens (including phenoxy) is 1. The summed E-state index contributed by atoms with van der Waals surface area (Å²) in [7, 11) is 0. The molecule has 2 atom stereocenters. The number of carbonyl (C=O) groups is 1. The third-order valence-corrected chi connectivity index (χ3v) is 4.70. The molecule has 0 radical (unpaired) electrons. The van der Waals surface area contributed by atoms with Crippen LogP contribution in [-0.4, -0.2) is 35.7 Å². The molecule has 1 heterocycles. The molecule has 4 nitrogen and oxygen atoms in total. The molecular formula is C15H28N2O2. The first-order valence-electron chi connectivity index (χ1n) is 7.36. The molecule has 2 rings (SSSR count). The Bertz CT molecular complexity index is 352. The van der Waals surface area contributed by atoms with Crippen molar-refractivity contribution in [3.05, 3.63) is 0 Å². The minimum atomic E-state index is -0.408. The third kappa shape index (κ3) is 3.04. The van der Waals surface area contributed by atoms with E-state index in [9.17, 15) is 4.79 Å². The van der Waals surface area contributed by atoms with E-state index in [1.165, 1.54) is 0 Å². The topological polar surface area (TPSA) is 55.6 Å². The second kappa shape index (κ2) is 4.65. The summed E-state index contributed by atoms with van der Waals surface area (Å²) in [6, 6.07) is 0.338. The summed E-state index contributed by atoms with van der Waals surface area (Å²) >= 11 is 0. The number of hydrogen-bond acceptors (Lipinski definition) is 3. The molecule has 0 aromatic carbocycles. The average Bonchev–Trinajstić information content (AvgIpc) is 2.76. The Morgan fingerprint density at radius 3 is 2.11 bits per heavy atom. The number of nitrogens with zero attached hydrogens (tertiary/aromatic N) is 1. The normalized spacial score (nSPS) is 31.2. The standard InChI is InChI=1S/C15H28N2O2/c1-14(2,3)19-13(18)17-8-6-10(7-9-17)11-12(16)15(11,4)5/h10-12H,6-9,16H2,1-5H3/t11-,12-/m0/s1. The minimum Gasteiger partial charge on any atom is -0.444 e. The zero-order chi connectivity index (χ0) is 14.4. The lowest BCUT2D eigenvalue weighted by Gasteiger charge is -2.34. The Kier molecular flexibility index (Phi) is 3.58. The zero-order valence-corrected chi connectivity index (χ0v) is 12.9. The van der Waals surface area contributed by atoms with Crippen molar-refractivity contribution in [1.82, 2.24) is 4.90 Å². The van der Waals surface area contributed by atoms with E-state index in [-0.39, 0.29) is 6.09 Å². The SMILES string of the molecule is CC(C)(C)OC(=O)N1CCC([C@H]2[C@H](N)C2(C)C)CC1. The molecule has 19 heavy (non-hydrogen) atoms. The Balaban J connectivity index is 1.82. The smallest absolute Gasteiger partial charge is 0.410 e. The van der Waals surface area contributed by atoms with Gasteiger partial charge in [0.2, 0.25) is 0 Å². The molecule has 1 aliphatic heterocycles. The predicted octanol–water partition coefficient (Wildman–Crippen LogP) is 2.62. The lowest BCUT2D eigenvalue weighted by atomic mass is 9.88. The van der Waals surface area contributed by atoms with Crippen molar-refractivity contribution in [1.29, 1.82) is 0 Å². The van der Waals surface area contributed by atoms with E-state index in [0.29, 0.717) is 23.3 Å². The molecule has 4 heteroatoms. The van der Waals surface area contributed by atoms with Crippen molar-refractivity contribution in [3.63, 3.8) is 0 Å². The van der Waals surface area contributed by atoms with Crippen molar-refractivity contribution >= 4 is 6.09 Å². The molecule has 0 spiro atoms. The number of rotatable bonds is 1. The molecule has 1 saturated carbocycles. The fraction of sp³-hybridized carbons (Fsp3) is 0.933. The van der Waals surface area contributed by atoms with Crippen molar-refractivity contribution < 1.29 is 9.53 Å². The first kappa shape index (κ1) is 14.6. The predicted molar refractivity (Wildman–Crippen MR) is 75.8 cm³/mol. The van der Waals surface area contributed by atoms with Crippen LogP contribution < -0.4 is 5.73 Å². The van der Waals surface area contributed by atoms with Crippen molar-refractivity contribution in [3.8, 4) is 0 Å². The molecule has 2 aliphatic rings. The van der Waals surface area contributed by atoms with Gasteiger partial charge >= 0.3 is 6.09 Å². The summed E-state index contributed by atoms with van der Waals surface area (Å²) in [5, 5.41) is 0. The van der Waals surface area contributed by atoms with E-state index in [0.717, 1.165) is 25.9 Å². The molecule has 1 amide bonds. The summed E-state index contributed by atoms with van der Waals surface area (Å²) in [6.07, 6.45) is 1.94. The molecule has 0 aromatic rings. The molecule has 0 aromatic heterocycles. The van der Waals surface area contributed by atoms with Gasteiger partial charge in [0.1, 0.15) is 5.60 Å². The fourth-order valence-corrected chi connectivity index (χ4v) is 3.39. The van der Waals surface area contributed by atoms with Gasteiger partial charge in [-0.25, -0.2) is 4.79 Å². The highest BCUT2D eigenvalue weighted by Gasteiger charge is 2.58. The van der Waals surface area contributed by atoms with Gasteiger partial charge in [-0.15, -0.1) is 0 Å². The van der Waals surface area contributed by atoms with Crippen LogP contribution >= 0.6 is 0 Å². The summed E-state index contributed by atoms with van der Waals surface area (Å²) in [5.74, 6) is 1.30. The van der Waals surface area contributed by atoms with Crippen LogP contribution in [0.4, 0.5) is 4.79 Å². The van der Waals surface area contributed by atoms with Gasteiger partial charge in [-0.2, -0.15) is 0 Å². The maximum absolute atomic E-state index is 12.0. The lowest BCUT2D eigenvalue weighted by molar-refractivity contribution is 0.0171. The van der Waals surface area contributed by atoms with E-state index in [1.807, 2.05) is 25.7 Å². The third-order valence-electron chi connectivity index (χ3n) is 4.70. The number of carbonyl (C=O) groups excluding carboxylic acids is 1. The van der Waals surface area contributed by atoms with Gasteiger partial charge in [0.05, 0.1) is 0 Å².